The van der Waals surface area contributed by atoms with Crippen molar-refractivity contribution < 1.29 is 14.7 Å². The number of nitrogens with one attached hydrogen (secondary N) is 1. The maximum absolute atomic E-state index is 12.9. The third kappa shape index (κ3) is 3.28. The van der Waals surface area contributed by atoms with Crippen molar-refractivity contribution in [2.24, 2.45) is 0 Å². The van der Waals surface area contributed by atoms with Gasteiger partial charge in [0, 0.05) is 31.3 Å². The van der Waals surface area contributed by atoms with Crippen LogP contribution in [0.15, 0.2) is 36.5 Å². The van der Waals surface area contributed by atoms with Gasteiger partial charge < -0.3 is 15.0 Å². The van der Waals surface area contributed by atoms with Crippen LogP contribution in [0.5, 0.6) is 0 Å². The van der Waals surface area contributed by atoms with Crippen molar-refractivity contribution in [3.05, 3.63) is 59.2 Å². The van der Waals surface area contributed by atoms with Gasteiger partial charge in [0.15, 0.2) is 0 Å². The second-order valence-corrected chi connectivity index (χ2v) is 6.81. The normalized spacial score (nSPS) is 13.4. The highest BCUT2D eigenvalue weighted by atomic mass is 16.4. The van der Waals surface area contributed by atoms with E-state index in [1.807, 2.05) is 6.07 Å². The summed E-state index contributed by atoms with van der Waals surface area (Å²) in [4.78, 5) is 33.8. The number of aromatic carboxylic acids is 1. The van der Waals surface area contributed by atoms with Crippen molar-refractivity contribution in [3.8, 4) is 11.4 Å². The number of aromatic nitrogens is 4. The third-order valence-corrected chi connectivity index (χ3v) is 4.87. The molecule has 0 radical (unpaired) electrons. The lowest BCUT2D eigenvalue weighted by Crippen LogP contribution is -2.37. The molecule has 28 heavy (non-hydrogen) atoms. The molecule has 0 bridgehead atoms. The quantitative estimate of drug-likeness (QED) is 0.709. The number of benzene rings is 1. The van der Waals surface area contributed by atoms with Gasteiger partial charge in [-0.15, -0.1) is 0 Å². The zero-order valence-corrected chi connectivity index (χ0v) is 15.6. The Labute approximate surface area is 161 Å². The van der Waals surface area contributed by atoms with E-state index in [2.05, 4.69) is 22.0 Å². The van der Waals surface area contributed by atoms with Crippen LogP contribution in [0.25, 0.3) is 11.4 Å². The van der Waals surface area contributed by atoms with Crippen molar-refractivity contribution in [3.63, 3.8) is 0 Å². The SMILES string of the molecule is CCCn1nccc1C(=O)N1CCc2nc(-c3cccc(C(=O)O)c3)[nH]c2C1. The Morgan fingerprint density at radius 1 is 1.29 bits per heavy atom. The zero-order chi connectivity index (χ0) is 19.7. The van der Waals surface area contributed by atoms with Crippen molar-refractivity contribution >= 4 is 11.9 Å². The molecule has 0 fully saturated rings. The number of aryl methyl sites for hydroxylation is 1. The molecule has 1 amide bonds. The average Bonchev–Trinajstić information content (AvgIpc) is 3.34. The Balaban J connectivity index is 1.56. The number of aromatic amines is 1. The highest BCUT2D eigenvalue weighted by Crippen LogP contribution is 2.24. The molecule has 0 unspecified atom stereocenters. The molecule has 1 aliphatic heterocycles. The number of hydrogen-bond acceptors (Lipinski definition) is 4. The van der Waals surface area contributed by atoms with Crippen LogP contribution in [0, 0.1) is 0 Å². The molecule has 0 aliphatic carbocycles. The predicted molar refractivity (Wildman–Crippen MR) is 102 cm³/mol. The number of H-pyrrole nitrogens is 1. The Kier molecular flexibility index (Phi) is 4.68. The van der Waals surface area contributed by atoms with E-state index in [9.17, 15) is 14.7 Å². The fourth-order valence-corrected chi connectivity index (χ4v) is 3.47. The minimum atomic E-state index is -0.973. The molecule has 3 heterocycles. The molecule has 0 saturated carbocycles. The molecule has 0 spiro atoms. The summed E-state index contributed by atoms with van der Waals surface area (Å²) in [7, 11) is 0. The lowest BCUT2D eigenvalue weighted by molar-refractivity contribution is 0.0694. The lowest BCUT2D eigenvalue weighted by atomic mass is 10.1. The van der Waals surface area contributed by atoms with Crippen molar-refractivity contribution in [2.45, 2.75) is 32.9 Å². The fourth-order valence-electron chi connectivity index (χ4n) is 3.47. The molecule has 2 aromatic heterocycles. The number of amides is 1. The fraction of sp³-hybridized carbons (Fsp3) is 0.300. The van der Waals surface area contributed by atoms with Crippen molar-refractivity contribution in [1.29, 1.82) is 0 Å². The molecular formula is C20H21N5O3. The predicted octanol–water partition coefficient (Wildman–Crippen LogP) is 2.58. The molecule has 1 aliphatic rings. The molecular weight excluding hydrogens is 358 g/mol. The first-order chi connectivity index (χ1) is 13.6. The van der Waals surface area contributed by atoms with Gasteiger partial charge in [-0.25, -0.2) is 9.78 Å². The van der Waals surface area contributed by atoms with Crippen LogP contribution < -0.4 is 0 Å². The third-order valence-electron chi connectivity index (χ3n) is 4.87. The van der Waals surface area contributed by atoms with Gasteiger partial charge in [0.05, 0.1) is 23.5 Å². The lowest BCUT2D eigenvalue weighted by Gasteiger charge is -2.26. The van der Waals surface area contributed by atoms with Gasteiger partial charge >= 0.3 is 5.97 Å². The molecule has 4 rings (SSSR count). The Morgan fingerprint density at radius 3 is 2.93 bits per heavy atom. The first-order valence-corrected chi connectivity index (χ1v) is 9.29. The summed E-state index contributed by atoms with van der Waals surface area (Å²) in [5.41, 5.74) is 3.33. The van der Waals surface area contributed by atoms with Crippen LogP contribution in [-0.4, -0.2) is 48.2 Å². The number of carboxylic acids is 1. The second-order valence-electron chi connectivity index (χ2n) is 6.81. The Bertz CT molecular complexity index is 1040. The highest BCUT2D eigenvalue weighted by molar-refractivity contribution is 5.92. The topological polar surface area (TPSA) is 104 Å². The first kappa shape index (κ1) is 18.0. The number of fused-ring (bicyclic) bond motifs is 1. The molecule has 3 aromatic rings. The first-order valence-electron chi connectivity index (χ1n) is 9.29. The summed E-state index contributed by atoms with van der Waals surface area (Å²) in [6, 6.07) is 8.42. The largest absolute Gasteiger partial charge is 0.478 e. The van der Waals surface area contributed by atoms with Crippen LogP contribution >= 0.6 is 0 Å². The number of hydrogen-bond donors (Lipinski definition) is 2. The summed E-state index contributed by atoms with van der Waals surface area (Å²) in [5, 5.41) is 13.4. The minimum Gasteiger partial charge on any atom is -0.478 e. The smallest absolute Gasteiger partial charge is 0.335 e. The van der Waals surface area contributed by atoms with E-state index in [0.29, 0.717) is 43.1 Å². The van der Waals surface area contributed by atoms with Crippen LogP contribution in [0.1, 0.15) is 45.6 Å². The van der Waals surface area contributed by atoms with E-state index in [0.717, 1.165) is 17.8 Å². The van der Waals surface area contributed by atoms with Crippen molar-refractivity contribution in [2.75, 3.05) is 6.54 Å². The minimum absolute atomic E-state index is 0.0411. The van der Waals surface area contributed by atoms with Gasteiger partial charge in [-0.2, -0.15) is 5.10 Å². The number of carboxylic acid groups (broad SMARTS) is 1. The highest BCUT2D eigenvalue weighted by Gasteiger charge is 2.26. The van der Waals surface area contributed by atoms with Gasteiger partial charge in [-0.1, -0.05) is 19.1 Å². The summed E-state index contributed by atoms with van der Waals surface area (Å²) in [6.07, 6.45) is 3.21. The summed E-state index contributed by atoms with van der Waals surface area (Å²) >= 11 is 0. The molecule has 8 nitrogen and oxygen atoms in total. The van der Waals surface area contributed by atoms with E-state index < -0.39 is 5.97 Å². The molecule has 144 valence electrons. The van der Waals surface area contributed by atoms with Crippen molar-refractivity contribution in [1.82, 2.24) is 24.6 Å². The van der Waals surface area contributed by atoms with E-state index in [1.165, 1.54) is 0 Å². The summed E-state index contributed by atoms with van der Waals surface area (Å²) in [5.74, 6) is -0.391. The van der Waals surface area contributed by atoms with E-state index >= 15 is 0 Å². The molecule has 8 heteroatoms. The van der Waals surface area contributed by atoms with Crippen LogP contribution in [0.2, 0.25) is 0 Å². The van der Waals surface area contributed by atoms with E-state index in [1.54, 1.807) is 40.0 Å². The average molecular weight is 379 g/mol. The standard InChI is InChI=1S/C20H21N5O3/c1-2-9-25-17(6-8-21-25)19(26)24-10-7-15-16(12-24)23-18(22-15)13-4-3-5-14(11-13)20(27)28/h3-6,8,11H,2,7,9-10,12H2,1H3,(H,22,23)(H,27,28). The van der Waals surface area contributed by atoms with Gasteiger partial charge in [0.25, 0.3) is 5.91 Å². The number of nitrogens with zero attached hydrogens (tertiary/aromatic N) is 4. The van der Waals surface area contributed by atoms with Crippen LogP contribution in [0.4, 0.5) is 0 Å². The maximum atomic E-state index is 12.9. The van der Waals surface area contributed by atoms with E-state index in [4.69, 9.17) is 0 Å². The number of rotatable bonds is 5. The molecule has 2 N–H and O–H groups in total. The number of carbonyl (C=O) groups excluding carboxylic acids is 1. The Morgan fingerprint density at radius 2 is 2.14 bits per heavy atom. The molecule has 0 saturated heterocycles. The van der Waals surface area contributed by atoms with Gasteiger partial charge in [0.2, 0.25) is 0 Å². The molecule has 0 atom stereocenters. The van der Waals surface area contributed by atoms with Gasteiger partial charge in [-0.3, -0.25) is 9.48 Å². The number of carbonyl (C=O) groups is 2. The second kappa shape index (κ2) is 7.30. The Hall–Kier alpha value is -3.42. The summed E-state index contributed by atoms with van der Waals surface area (Å²) < 4.78 is 1.74. The molecule has 1 aromatic carbocycles. The van der Waals surface area contributed by atoms with Crippen LogP contribution in [-0.2, 0) is 19.5 Å². The summed E-state index contributed by atoms with van der Waals surface area (Å²) in [6.45, 7) is 3.79. The van der Waals surface area contributed by atoms with Gasteiger partial charge in [-0.05, 0) is 24.6 Å². The maximum Gasteiger partial charge on any atom is 0.335 e. The number of imidazole rings is 1. The van der Waals surface area contributed by atoms with Crippen LogP contribution in [0.3, 0.4) is 0 Å². The van der Waals surface area contributed by atoms with Gasteiger partial charge in [0.1, 0.15) is 11.5 Å². The monoisotopic (exact) mass is 379 g/mol. The zero-order valence-electron chi connectivity index (χ0n) is 15.6. The van der Waals surface area contributed by atoms with E-state index in [-0.39, 0.29) is 11.5 Å².